The van der Waals surface area contributed by atoms with Crippen LogP contribution in [0.25, 0.3) is 0 Å². The Bertz CT molecular complexity index is 1360. The third kappa shape index (κ3) is 12.6. The molecule has 0 saturated heterocycles. The molecule has 0 aromatic heterocycles. The van der Waals surface area contributed by atoms with Crippen molar-refractivity contribution in [2.45, 2.75) is 39.0 Å². The Morgan fingerprint density at radius 2 is 1.64 bits per heavy atom. The van der Waals surface area contributed by atoms with Crippen molar-refractivity contribution < 1.29 is 19.5 Å². The van der Waals surface area contributed by atoms with Crippen molar-refractivity contribution in [3.8, 4) is 5.75 Å². The summed E-state index contributed by atoms with van der Waals surface area (Å²) in [6.07, 6.45) is 7.15. The molecule has 0 spiro atoms. The second kappa shape index (κ2) is 22.0. The van der Waals surface area contributed by atoms with Crippen LogP contribution < -0.4 is 5.32 Å². The summed E-state index contributed by atoms with van der Waals surface area (Å²) >= 11 is 0. The van der Waals surface area contributed by atoms with Crippen molar-refractivity contribution in [1.82, 2.24) is 25.1 Å². The number of amides is 2. The van der Waals surface area contributed by atoms with Crippen LogP contribution in [0, 0.1) is 0 Å². The highest BCUT2D eigenvalue weighted by Gasteiger charge is 2.35. The number of aliphatic imine (C=N–C) groups is 1. The summed E-state index contributed by atoms with van der Waals surface area (Å²) in [4.78, 5) is 46.3. The highest BCUT2D eigenvalue weighted by atomic mass is 16.3. The number of phenolic OH excluding ortho intramolecular Hbond substituents is 1. The average molecular weight is 645 g/mol. The molecule has 0 heterocycles. The topological polar surface area (TPSA) is 109 Å². The number of hydrogen-bond acceptors (Lipinski definition) is 8. The number of hydrogen-bond donors (Lipinski definition) is 2. The van der Waals surface area contributed by atoms with Gasteiger partial charge in [-0.15, -0.1) is 13.2 Å². The van der Waals surface area contributed by atoms with Gasteiger partial charge in [-0.25, -0.2) is 14.8 Å². The number of nitrogens with zero attached hydrogens (tertiary/aromatic N) is 5. The number of carbonyl (C=O) groups excluding carboxylic acids is 3. The van der Waals surface area contributed by atoms with E-state index < -0.39 is 18.2 Å². The van der Waals surface area contributed by atoms with Crippen LogP contribution >= 0.6 is 0 Å². The fourth-order valence-corrected chi connectivity index (χ4v) is 5.02. The molecule has 1 unspecified atom stereocenters. The Morgan fingerprint density at radius 1 is 1.00 bits per heavy atom. The molecule has 0 aliphatic heterocycles. The number of urea groups is 1. The number of nitrogens with one attached hydrogen (secondary N) is 1. The fourth-order valence-electron chi connectivity index (χ4n) is 5.02. The molecular formula is C37H52N6O4. The van der Waals surface area contributed by atoms with Crippen LogP contribution in [0.5, 0.6) is 5.75 Å². The van der Waals surface area contributed by atoms with E-state index in [9.17, 15) is 19.5 Å². The number of aldehydes is 2. The normalized spacial score (nSPS) is 14.4. The molecule has 2 aromatic carbocycles. The highest BCUT2D eigenvalue weighted by molar-refractivity contribution is 6.15. The molecular weight excluding hydrogens is 592 g/mol. The molecule has 3 rings (SSSR count). The SMILES string of the molecule is C=C.C=C1C=CC=C(CN(C)CC(N(C)[C@H](C=O)Cc2ccc(O)cc2)N(C(=O)NCc2ccccc2)N(C)CC=O)C1=NC.CC. The van der Waals surface area contributed by atoms with Crippen molar-refractivity contribution in [2.24, 2.45) is 4.99 Å². The number of hydrazine groups is 1. The number of aromatic hydroxyl groups is 1. The first-order chi connectivity index (χ1) is 22.7. The molecule has 47 heavy (non-hydrogen) atoms. The summed E-state index contributed by atoms with van der Waals surface area (Å²) in [6, 6.07) is 15.2. The number of benzene rings is 2. The van der Waals surface area contributed by atoms with E-state index >= 15 is 0 Å². The number of rotatable bonds is 15. The fraction of sp³-hybridized carbons (Fsp3) is 0.351. The van der Waals surface area contributed by atoms with Crippen LogP contribution in [-0.4, -0.2) is 109 Å². The Hall–Kier alpha value is -4.64. The molecule has 1 aliphatic rings. The van der Waals surface area contributed by atoms with Gasteiger partial charge in [0.25, 0.3) is 0 Å². The van der Waals surface area contributed by atoms with Crippen LogP contribution in [0.15, 0.2) is 109 Å². The predicted molar refractivity (Wildman–Crippen MR) is 192 cm³/mol. The van der Waals surface area contributed by atoms with E-state index in [0.717, 1.165) is 40.6 Å². The minimum absolute atomic E-state index is 0.0288. The molecule has 1 aliphatic carbocycles. The maximum Gasteiger partial charge on any atom is 0.333 e. The first kappa shape index (κ1) is 40.4. The Labute approximate surface area is 281 Å². The van der Waals surface area contributed by atoms with Gasteiger partial charge in [0.15, 0.2) is 0 Å². The number of likely N-dealkylation sites (N-methyl/N-ethyl adjacent to an activating group) is 3. The minimum Gasteiger partial charge on any atom is -0.508 e. The third-order valence-electron chi connectivity index (χ3n) is 7.36. The van der Waals surface area contributed by atoms with E-state index in [-0.39, 0.29) is 12.3 Å². The molecule has 254 valence electrons. The van der Waals surface area contributed by atoms with Gasteiger partial charge < -0.3 is 20.0 Å². The van der Waals surface area contributed by atoms with E-state index in [1.54, 1.807) is 50.4 Å². The van der Waals surface area contributed by atoms with E-state index in [0.29, 0.717) is 26.1 Å². The average Bonchev–Trinajstić information content (AvgIpc) is 3.09. The molecule has 0 radical (unpaired) electrons. The molecule has 2 aromatic rings. The lowest BCUT2D eigenvalue weighted by atomic mass is 9.98. The molecule has 0 saturated carbocycles. The lowest BCUT2D eigenvalue weighted by Crippen LogP contribution is -2.64. The first-order valence-electron chi connectivity index (χ1n) is 15.6. The monoisotopic (exact) mass is 644 g/mol. The summed E-state index contributed by atoms with van der Waals surface area (Å²) in [5.74, 6) is 0.139. The van der Waals surface area contributed by atoms with Gasteiger partial charge in [-0.2, -0.15) is 0 Å². The molecule has 2 amide bonds. The van der Waals surface area contributed by atoms with Gasteiger partial charge in [0.2, 0.25) is 0 Å². The highest BCUT2D eigenvalue weighted by Crippen LogP contribution is 2.19. The quantitative estimate of drug-likeness (QED) is 0.123. The van der Waals surface area contributed by atoms with E-state index in [1.807, 2.05) is 74.4 Å². The Kier molecular flexibility index (Phi) is 18.9. The summed E-state index contributed by atoms with van der Waals surface area (Å²) in [7, 11) is 7.14. The van der Waals surface area contributed by atoms with Crippen LogP contribution in [-0.2, 0) is 22.6 Å². The first-order valence-corrected chi connectivity index (χ1v) is 15.6. The summed E-state index contributed by atoms with van der Waals surface area (Å²) in [5, 5.41) is 15.8. The Morgan fingerprint density at radius 3 is 2.21 bits per heavy atom. The number of carbonyl (C=O) groups is 3. The van der Waals surface area contributed by atoms with Crippen LogP contribution in [0.4, 0.5) is 4.79 Å². The molecule has 10 nitrogen and oxygen atoms in total. The van der Waals surface area contributed by atoms with Crippen LogP contribution in [0.1, 0.15) is 25.0 Å². The zero-order chi connectivity index (χ0) is 35.4. The van der Waals surface area contributed by atoms with Gasteiger partial charge in [0, 0.05) is 33.7 Å². The zero-order valence-corrected chi connectivity index (χ0v) is 28.8. The molecule has 0 fully saturated rings. The van der Waals surface area contributed by atoms with Gasteiger partial charge in [-0.3, -0.25) is 14.8 Å². The van der Waals surface area contributed by atoms with E-state index in [4.69, 9.17) is 0 Å². The largest absolute Gasteiger partial charge is 0.508 e. The summed E-state index contributed by atoms with van der Waals surface area (Å²) in [5.41, 5.74) is 4.41. The molecule has 10 heteroatoms. The van der Waals surface area contributed by atoms with Gasteiger partial charge in [-0.05, 0) is 54.9 Å². The van der Waals surface area contributed by atoms with Crippen molar-refractivity contribution in [1.29, 1.82) is 0 Å². The second-order valence-corrected chi connectivity index (χ2v) is 10.6. The van der Waals surface area contributed by atoms with Gasteiger partial charge >= 0.3 is 6.03 Å². The summed E-state index contributed by atoms with van der Waals surface area (Å²) < 4.78 is 0. The maximum absolute atomic E-state index is 13.8. The lowest BCUT2D eigenvalue weighted by molar-refractivity contribution is -0.123. The third-order valence-corrected chi connectivity index (χ3v) is 7.36. The maximum atomic E-state index is 13.8. The summed E-state index contributed by atoms with van der Waals surface area (Å²) in [6.45, 7) is 15.2. The van der Waals surface area contributed by atoms with Crippen molar-refractivity contribution in [3.05, 3.63) is 115 Å². The van der Waals surface area contributed by atoms with Crippen molar-refractivity contribution in [2.75, 3.05) is 47.8 Å². The van der Waals surface area contributed by atoms with Crippen molar-refractivity contribution >= 4 is 24.3 Å². The Balaban J connectivity index is 0.00000265. The van der Waals surface area contributed by atoms with Gasteiger partial charge in [0.05, 0.1) is 18.3 Å². The van der Waals surface area contributed by atoms with Crippen LogP contribution in [0.2, 0.25) is 0 Å². The number of phenols is 1. The van der Waals surface area contributed by atoms with Gasteiger partial charge in [-0.1, -0.05) is 81.1 Å². The lowest BCUT2D eigenvalue weighted by Gasteiger charge is -2.44. The predicted octanol–water partition coefficient (Wildman–Crippen LogP) is 4.90. The molecule has 2 atom stereocenters. The standard InChI is InChI=1S/C33H42N6O4.C2H6.C2H4/c1-25-10-9-13-28(32(25)34-2)22-36(3)23-31(38(5)29(24-41)20-26-14-16-30(42)17-15-26)39(37(4)18-19-40)33(43)35-21-27-11-7-6-8-12-27;2*1-2/h6-17,19,24,29,31,42H,1,18,20-23H2,2-5H3,(H,35,43);1-2H3;1-2H2/t29-,31?;;/m0../s1. The second-order valence-electron chi connectivity index (χ2n) is 10.6. The van der Waals surface area contributed by atoms with E-state index in [1.165, 1.54) is 5.01 Å². The van der Waals surface area contributed by atoms with Gasteiger partial charge in [0.1, 0.15) is 24.5 Å². The van der Waals surface area contributed by atoms with Crippen molar-refractivity contribution in [3.63, 3.8) is 0 Å². The smallest absolute Gasteiger partial charge is 0.333 e. The minimum atomic E-state index is -0.650. The molecule has 2 N–H and O–H groups in total. The van der Waals surface area contributed by atoms with Crippen LogP contribution in [0.3, 0.4) is 0 Å². The molecule has 0 bridgehead atoms. The van der Waals surface area contributed by atoms with E-state index in [2.05, 4.69) is 34.9 Å². The number of allylic oxidation sites excluding steroid dienone is 4. The zero-order valence-electron chi connectivity index (χ0n) is 28.8.